The molecular formula is C9H10N2O3. The van der Waals surface area contributed by atoms with Gasteiger partial charge in [-0.25, -0.2) is 0 Å². The Morgan fingerprint density at radius 3 is 2.50 bits per heavy atom. The smallest absolute Gasteiger partial charge is 0.217 e. The zero-order chi connectivity index (χ0) is 10.4. The van der Waals surface area contributed by atoms with Crippen LogP contribution in [-0.4, -0.2) is 5.91 Å². The molecule has 0 unspecified atom stereocenters. The van der Waals surface area contributed by atoms with Crippen LogP contribution in [0.1, 0.15) is 12.0 Å². The number of primary amides is 1. The van der Waals surface area contributed by atoms with Crippen molar-refractivity contribution in [3.63, 3.8) is 0 Å². The van der Waals surface area contributed by atoms with E-state index in [0.717, 1.165) is 5.56 Å². The number of nitrogens with zero attached hydrogens (tertiary/aromatic N) is 1. The number of carbonyl (C=O) groups is 1. The van der Waals surface area contributed by atoms with E-state index >= 15 is 0 Å². The normalized spacial score (nSPS) is 9.43. The quantitative estimate of drug-likeness (QED) is 0.564. The molecule has 0 aliphatic carbocycles. The number of hydrogen-bond acceptors (Lipinski definition) is 4. The fraction of sp³-hybridized carbons (Fsp3) is 0.222. The van der Waals surface area contributed by atoms with Crippen LogP contribution in [0.15, 0.2) is 29.6 Å². The first-order chi connectivity index (χ1) is 6.72. The van der Waals surface area contributed by atoms with Crippen molar-refractivity contribution in [1.29, 1.82) is 0 Å². The number of hydrogen-bond donors (Lipinski definition) is 1. The Morgan fingerprint density at radius 2 is 2.00 bits per heavy atom. The van der Waals surface area contributed by atoms with E-state index in [0.29, 0.717) is 18.6 Å². The number of amides is 1. The Balaban J connectivity index is 2.54. The molecule has 1 rings (SSSR count). The molecule has 5 heteroatoms. The predicted molar refractivity (Wildman–Crippen MR) is 50.4 cm³/mol. The maximum atomic E-state index is 10.5. The van der Waals surface area contributed by atoms with E-state index in [4.69, 9.17) is 5.73 Å². The molecule has 1 aromatic carbocycles. The van der Waals surface area contributed by atoms with Crippen LogP contribution in [0, 0.1) is 4.91 Å². The Labute approximate surface area is 80.8 Å². The molecule has 0 heterocycles. The van der Waals surface area contributed by atoms with Crippen LogP contribution < -0.4 is 10.6 Å². The predicted octanol–water partition coefficient (Wildman–Crippen LogP) is 1.16. The van der Waals surface area contributed by atoms with Crippen molar-refractivity contribution in [1.82, 2.24) is 0 Å². The molecule has 0 radical (unpaired) electrons. The molecule has 0 aromatic heterocycles. The minimum absolute atomic E-state index is 0.312. The van der Waals surface area contributed by atoms with Crippen molar-refractivity contribution < 1.29 is 9.63 Å². The summed E-state index contributed by atoms with van der Waals surface area (Å²) in [6, 6.07) is 6.72. The summed E-state index contributed by atoms with van der Waals surface area (Å²) in [6.45, 7) is 0. The van der Waals surface area contributed by atoms with Crippen LogP contribution in [-0.2, 0) is 11.2 Å². The van der Waals surface area contributed by atoms with E-state index in [2.05, 4.69) is 10.2 Å². The minimum atomic E-state index is -0.333. The summed E-state index contributed by atoms with van der Waals surface area (Å²) in [5.41, 5.74) is 5.96. The summed E-state index contributed by atoms with van der Waals surface area (Å²) >= 11 is 0. The zero-order valence-electron chi connectivity index (χ0n) is 7.47. The largest absolute Gasteiger partial charge is 0.370 e. The molecule has 0 aliphatic heterocycles. The topological polar surface area (TPSA) is 81.8 Å². The van der Waals surface area contributed by atoms with Crippen LogP contribution in [0.5, 0.6) is 5.75 Å². The van der Waals surface area contributed by atoms with Crippen molar-refractivity contribution in [3.8, 4) is 5.75 Å². The van der Waals surface area contributed by atoms with Crippen molar-refractivity contribution in [2.45, 2.75) is 12.8 Å². The van der Waals surface area contributed by atoms with Crippen molar-refractivity contribution >= 4 is 5.91 Å². The summed E-state index contributed by atoms with van der Waals surface area (Å²) in [5, 5.41) is 2.29. The van der Waals surface area contributed by atoms with Gasteiger partial charge in [0.25, 0.3) is 0 Å². The van der Waals surface area contributed by atoms with Crippen LogP contribution in [0.2, 0.25) is 0 Å². The lowest BCUT2D eigenvalue weighted by molar-refractivity contribution is -0.117. The highest BCUT2D eigenvalue weighted by Crippen LogP contribution is 2.13. The lowest BCUT2D eigenvalue weighted by Crippen LogP contribution is -2.11. The third-order valence-electron chi connectivity index (χ3n) is 1.73. The second-order valence-corrected chi connectivity index (χ2v) is 2.78. The number of rotatable bonds is 5. The maximum absolute atomic E-state index is 10.5. The van der Waals surface area contributed by atoms with Crippen LogP contribution in [0.3, 0.4) is 0 Å². The molecule has 0 saturated heterocycles. The van der Waals surface area contributed by atoms with Gasteiger partial charge in [-0.3, -0.25) is 4.79 Å². The molecule has 14 heavy (non-hydrogen) atoms. The lowest BCUT2D eigenvalue weighted by atomic mass is 10.1. The molecule has 2 N–H and O–H groups in total. The first kappa shape index (κ1) is 10.2. The summed E-state index contributed by atoms with van der Waals surface area (Å²) in [5.74, 6) is 0.0442. The molecule has 5 nitrogen and oxygen atoms in total. The van der Waals surface area contributed by atoms with Gasteiger partial charge in [-0.15, -0.1) is 4.91 Å². The number of carbonyl (C=O) groups excluding carboxylic acids is 1. The van der Waals surface area contributed by atoms with E-state index in [1.165, 1.54) is 0 Å². The van der Waals surface area contributed by atoms with E-state index < -0.39 is 0 Å². The Morgan fingerprint density at radius 1 is 1.36 bits per heavy atom. The highest BCUT2D eigenvalue weighted by molar-refractivity contribution is 5.73. The molecule has 0 saturated carbocycles. The molecule has 1 aromatic rings. The Kier molecular flexibility index (Phi) is 3.60. The molecule has 0 fully saturated rings. The molecule has 0 spiro atoms. The average Bonchev–Trinajstić information content (AvgIpc) is 2.17. The fourth-order valence-corrected chi connectivity index (χ4v) is 1.03. The van der Waals surface area contributed by atoms with Crippen molar-refractivity contribution in [2.75, 3.05) is 0 Å². The number of nitrogens with two attached hydrogens (primary N) is 1. The highest BCUT2D eigenvalue weighted by Gasteiger charge is 1.98. The van der Waals surface area contributed by atoms with Gasteiger partial charge in [-0.1, -0.05) is 12.1 Å². The van der Waals surface area contributed by atoms with Gasteiger partial charge in [0.15, 0.2) is 11.1 Å². The molecule has 74 valence electrons. The second-order valence-electron chi connectivity index (χ2n) is 2.78. The molecule has 0 atom stereocenters. The molecule has 0 aliphatic rings. The van der Waals surface area contributed by atoms with E-state index in [9.17, 15) is 9.70 Å². The molecule has 1 amide bonds. The van der Waals surface area contributed by atoms with Gasteiger partial charge in [0.1, 0.15) is 0 Å². The number of aryl methyl sites for hydroxylation is 1. The Hall–Kier alpha value is -1.91. The third-order valence-corrected chi connectivity index (χ3v) is 1.73. The first-order valence-corrected chi connectivity index (χ1v) is 4.09. The fourth-order valence-electron chi connectivity index (χ4n) is 1.03. The number of benzene rings is 1. The van der Waals surface area contributed by atoms with Crippen LogP contribution in [0.25, 0.3) is 0 Å². The standard InChI is InChI=1S/C9H10N2O3/c10-9(12)6-3-7-1-4-8(5-2-7)14-11-13/h1-2,4-5H,3,6H2,(H2,10,12). The monoisotopic (exact) mass is 194 g/mol. The van der Waals surface area contributed by atoms with Gasteiger partial charge < -0.3 is 10.6 Å². The third kappa shape index (κ3) is 3.22. The van der Waals surface area contributed by atoms with Gasteiger partial charge in [0, 0.05) is 6.42 Å². The van der Waals surface area contributed by atoms with Gasteiger partial charge in [0.05, 0.1) is 0 Å². The van der Waals surface area contributed by atoms with Gasteiger partial charge in [-0.2, -0.15) is 0 Å². The lowest BCUT2D eigenvalue weighted by Gasteiger charge is -1.99. The summed E-state index contributed by atoms with van der Waals surface area (Å²) < 4.78 is 0. The van der Waals surface area contributed by atoms with E-state index in [1.54, 1.807) is 24.3 Å². The van der Waals surface area contributed by atoms with Crippen molar-refractivity contribution in [3.05, 3.63) is 34.7 Å². The average molecular weight is 194 g/mol. The summed E-state index contributed by atoms with van der Waals surface area (Å²) in [7, 11) is 0. The second kappa shape index (κ2) is 4.96. The van der Waals surface area contributed by atoms with Gasteiger partial charge in [0.2, 0.25) is 5.91 Å². The van der Waals surface area contributed by atoms with Crippen molar-refractivity contribution in [2.24, 2.45) is 11.1 Å². The Bertz CT molecular complexity index is 321. The summed E-state index contributed by atoms with van der Waals surface area (Å²) in [4.78, 5) is 24.6. The molecule has 0 bridgehead atoms. The molecular weight excluding hydrogens is 184 g/mol. The SMILES string of the molecule is NC(=O)CCc1ccc(ON=O)cc1. The van der Waals surface area contributed by atoms with Gasteiger partial charge >= 0.3 is 0 Å². The van der Waals surface area contributed by atoms with Crippen LogP contribution in [0.4, 0.5) is 0 Å². The maximum Gasteiger partial charge on any atom is 0.217 e. The van der Waals surface area contributed by atoms with Gasteiger partial charge in [-0.05, 0) is 24.1 Å². The zero-order valence-corrected chi connectivity index (χ0v) is 7.47. The van der Waals surface area contributed by atoms with Crippen LogP contribution >= 0.6 is 0 Å². The first-order valence-electron chi connectivity index (χ1n) is 4.09. The minimum Gasteiger partial charge on any atom is -0.370 e. The van der Waals surface area contributed by atoms with E-state index in [-0.39, 0.29) is 5.91 Å². The van der Waals surface area contributed by atoms with E-state index in [1.807, 2.05) is 0 Å². The highest BCUT2D eigenvalue weighted by atomic mass is 16.7. The summed E-state index contributed by atoms with van der Waals surface area (Å²) in [6.07, 6.45) is 0.899.